The number of thiazole rings is 1. The van der Waals surface area contributed by atoms with Crippen LogP contribution < -0.4 is 10.5 Å². The molecule has 0 radical (unpaired) electrons. The lowest BCUT2D eigenvalue weighted by atomic mass is 10.2. The van der Waals surface area contributed by atoms with Gasteiger partial charge in [-0.1, -0.05) is 23.5 Å². The quantitative estimate of drug-likeness (QED) is 0.244. The number of hydrogen-bond donors (Lipinski definition) is 2. The molecular formula is C17H13N7O2S. The van der Waals surface area contributed by atoms with Crippen LogP contribution in [0.3, 0.4) is 0 Å². The molecule has 10 heteroatoms. The summed E-state index contributed by atoms with van der Waals surface area (Å²) in [5, 5.41) is 28.1. The standard InChI is InChI=1S/C17H13N7O2S/c1-22(17-20-12-4-2-3-5-14(12)27-17)15-11-7-6-10(24(25)26)8-13(11)23(9-18)16(19)21-15/h2-9,18-19H,1H3. The van der Waals surface area contributed by atoms with Crippen molar-refractivity contribution in [1.82, 2.24) is 14.5 Å². The first-order valence-electron chi connectivity index (χ1n) is 7.85. The van der Waals surface area contributed by atoms with Crippen molar-refractivity contribution in [2.24, 2.45) is 0 Å². The van der Waals surface area contributed by atoms with Crippen LogP contribution in [0.5, 0.6) is 0 Å². The Hall–Kier alpha value is -3.66. The van der Waals surface area contributed by atoms with Crippen LogP contribution in [0.4, 0.5) is 16.6 Å². The molecule has 0 saturated heterocycles. The maximum absolute atomic E-state index is 11.1. The van der Waals surface area contributed by atoms with Crippen molar-refractivity contribution in [3.8, 4) is 0 Å². The zero-order valence-electron chi connectivity index (χ0n) is 14.1. The summed E-state index contributed by atoms with van der Waals surface area (Å²) in [7, 11) is 1.79. The molecule has 0 aliphatic carbocycles. The Morgan fingerprint density at radius 3 is 2.74 bits per heavy atom. The molecule has 0 fully saturated rings. The third kappa shape index (κ3) is 2.72. The average molecular weight is 379 g/mol. The summed E-state index contributed by atoms with van der Waals surface area (Å²) in [5.41, 5.74) is 0.918. The number of para-hydroxylation sites is 1. The number of non-ortho nitro benzene ring substituents is 1. The van der Waals surface area contributed by atoms with Crippen molar-refractivity contribution in [2.45, 2.75) is 0 Å². The molecule has 2 aromatic carbocycles. The van der Waals surface area contributed by atoms with Gasteiger partial charge in [0.15, 0.2) is 5.13 Å². The van der Waals surface area contributed by atoms with E-state index in [0.717, 1.165) is 16.6 Å². The maximum Gasteiger partial charge on any atom is 0.271 e. The summed E-state index contributed by atoms with van der Waals surface area (Å²) < 4.78 is 2.22. The number of nitrogens with zero attached hydrogens (tertiary/aromatic N) is 5. The van der Waals surface area contributed by atoms with E-state index in [1.54, 1.807) is 18.0 Å². The van der Waals surface area contributed by atoms with Gasteiger partial charge in [-0.05, 0) is 18.2 Å². The largest absolute Gasteiger partial charge is 0.305 e. The molecule has 2 N–H and O–H groups in total. The molecule has 2 heterocycles. The van der Waals surface area contributed by atoms with Gasteiger partial charge in [-0.3, -0.25) is 25.5 Å². The van der Waals surface area contributed by atoms with Crippen LogP contribution in [0, 0.1) is 20.9 Å². The number of aromatic nitrogens is 3. The molecule has 0 saturated carbocycles. The molecule has 0 atom stereocenters. The van der Waals surface area contributed by atoms with Gasteiger partial charge < -0.3 is 4.90 Å². The Labute approximate surface area is 156 Å². The average Bonchev–Trinajstić information content (AvgIpc) is 3.10. The number of nitro groups is 1. The third-order valence-corrected chi connectivity index (χ3v) is 5.26. The topological polar surface area (TPSA) is 125 Å². The normalized spacial score (nSPS) is 11.0. The summed E-state index contributed by atoms with van der Waals surface area (Å²) >= 11 is 1.49. The van der Waals surface area contributed by atoms with E-state index < -0.39 is 4.92 Å². The van der Waals surface area contributed by atoms with Crippen LogP contribution in [-0.2, 0) is 0 Å². The number of fused-ring (bicyclic) bond motifs is 2. The van der Waals surface area contributed by atoms with Crippen LogP contribution in [-0.4, -0.2) is 32.8 Å². The van der Waals surface area contributed by atoms with Crippen molar-refractivity contribution >= 4 is 55.4 Å². The van der Waals surface area contributed by atoms with Crippen LogP contribution in [0.2, 0.25) is 0 Å². The van der Waals surface area contributed by atoms with E-state index in [1.165, 1.54) is 28.0 Å². The molecule has 4 rings (SSSR count). The van der Waals surface area contributed by atoms with Crippen molar-refractivity contribution < 1.29 is 4.92 Å². The van der Waals surface area contributed by atoms with E-state index in [2.05, 4.69) is 9.97 Å². The minimum Gasteiger partial charge on any atom is -0.305 e. The van der Waals surface area contributed by atoms with E-state index in [4.69, 9.17) is 10.8 Å². The summed E-state index contributed by atoms with van der Waals surface area (Å²) in [6, 6.07) is 12.1. The SMILES string of the molecule is CN(c1nc2ccccc2s1)c1nc(=N)n(C=N)c2cc([N+](=O)[O-])ccc12. The highest BCUT2D eigenvalue weighted by atomic mass is 32.1. The van der Waals surface area contributed by atoms with Gasteiger partial charge in [0.25, 0.3) is 5.69 Å². The molecule has 0 spiro atoms. The van der Waals surface area contributed by atoms with Crippen LogP contribution in [0.25, 0.3) is 21.1 Å². The highest BCUT2D eigenvalue weighted by Crippen LogP contribution is 2.34. The van der Waals surface area contributed by atoms with Gasteiger partial charge >= 0.3 is 0 Å². The van der Waals surface area contributed by atoms with Crippen LogP contribution in [0.15, 0.2) is 42.5 Å². The van der Waals surface area contributed by atoms with Crippen molar-refractivity contribution in [1.29, 1.82) is 10.8 Å². The second-order valence-electron chi connectivity index (χ2n) is 5.74. The molecule has 0 amide bonds. The molecule has 134 valence electrons. The third-order valence-electron chi connectivity index (χ3n) is 4.15. The highest BCUT2D eigenvalue weighted by Gasteiger charge is 2.18. The van der Waals surface area contributed by atoms with E-state index in [-0.39, 0.29) is 11.3 Å². The first-order valence-corrected chi connectivity index (χ1v) is 8.66. The molecule has 0 aliphatic rings. The molecular weight excluding hydrogens is 366 g/mol. The second kappa shape index (κ2) is 6.25. The van der Waals surface area contributed by atoms with Gasteiger partial charge in [-0.25, -0.2) is 4.98 Å². The molecule has 27 heavy (non-hydrogen) atoms. The fourth-order valence-corrected chi connectivity index (χ4v) is 3.76. The smallest absolute Gasteiger partial charge is 0.271 e. The van der Waals surface area contributed by atoms with Crippen LogP contribution >= 0.6 is 11.3 Å². The lowest BCUT2D eigenvalue weighted by Gasteiger charge is -2.18. The Bertz CT molecular complexity index is 1240. The second-order valence-corrected chi connectivity index (χ2v) is 6.75. The molecule has 4 aromatic rings. The van der Waals surface area contributed by atoms with E-state index in [0.29, 0.717) is 21.9 Å². The maximum atomic E-state index is 11.1. The number of anilines is 2. The molecule has 9 nitrogen and oxygen atoms in total. The molecule has 0 unspecified atom stereocenters. The van der Waals surface area contributed by atoms with Gasteiger partial charge in [-0.2, -0.15) is 4.98 Å². The van der Waals surface area contributed by atoms with E-state index in [9.17, 15) is 10.1 Å². The number of benzene rings is 2. The minimum absolute atomic E-state index is 0.114. The Balaban J connectivity index is 1.96. The first kappa shape index (κ1) is 16.8. The summed E-state index contributed by atoms with van der Waals surface area (Å²) in [6.45, 7) is 0. The summed E-state index contributed by atoms with van der Waals surface area (Å²) in [5.74, 6) is 0.446. The summed E-state index contributed by atoms with van der Waals surface area (Å²) in [6.07, 6.45) is 0.920. The van der Waals surface area contributed by atoms with Crippen molar-refractivity contribution in [3.63, 3.8) is 0 Å². The number of nitrogens with one attached hydrogen (secondary N) is 2. The van der Waals surface area contributed by atoms with Gasteiger partial charge in [0.05, 0.1) is 27.0 Å². The number of hydrogen-bond acceptors (Lipinski definition) is 8. The predicted octanol–water partition coefficient (Wildman–Crippen LogP) is 3.26. The minimum atomic E-state index is -0.505. The first-order chi connectivity index (χ1) is 13.0. The van der Waals surface area contributed by atoms with Gasteiger partial charge in [0.1, 0.15) is 5.82 Å². The highest BCUT2D eigenvalue weighted by molar-refractivity contribution is 7.22. The van der Waals surface area contributed by atoms with Crippen molar-refractivity contribution in [3.05, 3.63) is 58.2 Å². The zero-order valence-corrected chi connectivity index (χ0v) is 14.9. The predicted molar refractivity (Wildman–Crippen MR) is 104 cm³/mol. The Kier molecular flexibility index (Phi) is 3.89. The molecule has 0 bridgehead atoms. The van der Waals surface area contributed by atoms with Crippen molar-refractivity contribution in [2.75, 3.05) is 11.9 Å². The number of nitro benzene ring substituents is 1. The zero-order chi connectivity index (χ0) is 19.1. The van der Waals surface area contributed by atoms with Crippen LogP contribution in [0.1, 0.15) is 0 Å². The summed E-state index contributed by atoms with van der Waals surface area (Å²) in [4.78, 5) is 21.3. The Morgan fingerprint density at radius 2 is 2.04 bits per heavy atom. The van der Waals surface area contributed by atoms with E-state index in [1.807, 2.05) is 24.3 Å². The van der Waals surface area contributed by atoms with Gasteiger partial charge in [-0.15, -0.1) is 0 Å². The van der Waals surface area contributed by atoms with Gasteiger partial charge in [0, 0.05) is 24.6 Å². The monoisotopic (exact) mass is 379 g/mol. The van der Waals surface area contributed by atoms with E-state index >= 15 is 0 Å². The fraction of sp³-hybridized carbons (Fsp3) is 0.0588. The molecule has 2 aromatic heterocycles. The lowest BCUT2D eigenvalue weighted by molar-refractivity contribution is -0.384. The molecule has 0 aliphatic heterocycles. The fourth-order valence-electron chi connectivity index (χ4n) is 2.83. The lowest BCUT2D eigenvalue weighted by Crippen LogP contribution is -2.26. The van der Waals surface area contributed by atoms with Gasteiger partial charge in [0.2, 0.25) is 5.62 Å². The Morgan fingerprint density at radius 1 is 1.26 bits per heavy atom. The number of rotatable bonds is 4.